The molecule has 0 bridgehead atoms. The van der Waals surface area contributed by atoms with E-state index in [4.69, 9.17) is 11.6 Å². The van der Waals surface area contributed by atoms with Crippen molar-refractivity contribution in [2.24, 2.45) is 0 Å². The molecule has 0 heterocycles. The van der Waals surface area contributed by atoms with Gasteiger partial charge in [0.25, 0.3) is 11.6 Å². The van der Waals surface area contributed by atoms with Crippen LogP contribution in [0.4, 0.5) is 11.4 Å². The summed E-state index contributed by atoms with van der Waals surface area (Å²) in [5.41, 5.74) is -0.167. The maximum absolute atomic E-state index is 12.4. The number of rotatable bonds is 10. The standard InChI is InChI=1S/C18H23ClN4O3/c1-3-5-9-22(10-6-4-2)13-14(12-20)18(24)21-17-11-15(23(25)26)7-8-16(17)19/h7-8,11,13H,3-6,9-10H2,1-2H3,(H,21,24)/b14-13-. The minimum absolute atomic E-state index is 0.0696. The molecule has 0 radical (unpaired) electrons. The Hall–Kier alpha value is -2.59. The zero-order valence-electron chi connectivity index (χ0n) is 15.0. The van der Waals surface area contributed by atoms with Gasteiger partial charge in [0.1, 0.15) is 11.6 Å². The molecule has 26 heavy (non-hydrogen) atoms. The van der Waals surface area contributed by atoms with Crippen molar-refractivity contribution in [1.29, 1.82) is 5.26 Å². The number of nitro groups is 1. The van der Waals surface area contributed by atoms with Crippen molar-refractivity contribution in [2.75, 3.05) is 18.4 Å². The van der Waals surface area contributed by atoms with Gasteiger partial charge in [0.2, 0.25) is 0 Å². The summed E-state index contributed by atoms with van der Waals surface area (Å²) in [7, 11) is 0. The van der Waals surface area contributed by atoms with Crippen LogP contribution in [0, 0.1) is 21.4 Å². The molecule has 0 saturated carbocycles. The van der Waals surface area contributed by atoms with Gasteiger partial charge in [-0.1, -0.05) is 38.3 Å². The second-order valence-electron chi connectivity index (χ2n) is 5.77. The Bertz CT molecular complexity index is 705. The van der Waals surface area contributed by atoms with Gasteiger partial charge < -0.3 is 10.2 Å². The second-order valence-corrected chi connectivity index (χ2v) is 6.18. The van der Waals surface area contributed by atoms with Crippen molar-refractivity contribution in [3.63, 3.8) is 0 Å². The van der Waals surface area contributed by atoms with E-state index in [0.717, 1.165) is 38.8 Å². The van der Waals surface area contributed by atoms with E-state index in [0.29, 0.717) is 0 Å². The molecule has 0 unspecified atom stereocenters. The van der Waals surface area contributed by atoms with Crippen LogP contribution in [-0.4, -0.2) is 28.8 Å². The lowest BCUT2D eigenvalue weighted by atomic mass is 10.2. The molecule has 0 aliphatic rings. The molecular formula is C18H23ClN4O3. The number of nitrogens with zero attached hydrogens (tertiary/aromatic N) is 3. The normalized spacial score (nSPS) is 10.9. The number of nitriles is 1. The molecular weight excluding hydrogens is 356 g/mol. The average Bonchev–Trinajstić information content (AvgIpc) is 2.62. The Balaban J connectivity index is 2.98. The predicted molar refractivity (Wildman–Crippen MR) is 102 cm³/mol. The van der Waals surface area contributed by atoms with Gasteiger partial charge in [-0.15, -0.1) is 0 Å². The number of benzene rings is 1. The molecule has 0 atom stereocenters. The number of nitrogens with one attached hydrogen (secondary N) is 1. The van der Waals surface area contributed by atoms with Crippen LogP contribution >= 0.6 is 11.6 Å². The van der Waals surface area contributed by atoms with Gasteiger partial charge in [-0.2, -0.15) is 5.26 Å². The summed E-state index contributed by atoms with van der Waals surface area (Å²) in [6, 6.07) is 5.64. The van der Waals surface area contributed by atoms with Crippen LogP contribution in [0.25, 0.3) is 0 Å². The van der Waals surface area contributed by atoms with E-state index in [2.05, 4.69) is 19.2 Å². The van der Waals surface area contributed by atoms with Crippen molar-refractivity contribution in [3.8, 4) is 6.07 Å². The van der Waals surface area contributed by atoms with E-state index >= 15 is 0 Å². The molecule has 0 spiro atoms. The molecule has 0 aromatic heterocycles. The number of non-ortho nitro benzene ring substituents is 1. The van der Waals surface area contributed by atoms with Crippen molar-refractivity contribution < 1.29 is 9.72 Å². The summed E-state index contributed by atoms with van der Waals surface area (Å²) in [4.78, 5) is 24.6. The van der Waals surface area contributed by atoms with Gasteiger partial charge in [0.15, 0.2) is 0 Å². The summed E-state index contributed by atoms with van der Waals surface area (Å²) in [6.07, 6.45) is 5.47. The van der Waals surface area contributed by atoms with Crippen molar-refractivity contribution in [1.82, 2.24) is 4.90 Å². The average molecular weight is 379 g/mol. The first kappa shape index (κ1) is 21.5. The molecule has 7 nitrogen and oxygen atoms in total. The Morgan fingerprint density at radius 2 is 1.96 bits per heavy atom. The van der Waals surface area contributed by atoms with Crippen LogP contribution in [-0.2, 0) is 4.79 Å². The highest BCUT2D eigenvalue weighted by Crippen LogP contribution is 2.27. The van der Waals surface area contributed by atoms with Gasteiger partial charge in [-0.25, -0.2) is 0 Å². The molecule has 0 fully saturated rings. The number of hydrogen-bond donors (Lipinski definition) is 1. The lowest BCUT2D eigenvalue weighted by molar-refractivity contribution is -0.384. The molecule has 1 amide bonds. The summed E-state index contributed by atoms with van der Waals surface area (Å²) in [5.74, 6) is -0.645. The highest BCUT2D eigenvalue weighted by atomic mass is 35.5. The number of carbonyl (C=O) groups excluding carboxylic acids is 1. The van der Waals surface area contributed by atoms with Crippen LogP contribution in [0.1, 0.15) is 39.5 Å². The summed E-state index contributed by atoms with van der Waals surface area (Å²) >= 11 is 5.99. The van der Waals surface area contributed by atoms with Gasteiger partial charge in [-0.05, 0) is 18.9 Å². The number of carbonyl (C=O) groups is 1. The molecule has 0 aliphatic heterocycles. The Morgan fingerprint density at radius 3 is 2.46 bits per heavy atom. The molecule has 1 aromatic rings. The van der Waals surface area contributed by atoms with Crippen molar-refractivity contribution in [2.45, 2.75) is 39.5 Å². The number of halogens is 1. The fourth-order valence-corrected chi connectivity index (χ4v) is 2.36. The lowest BCUT2D eigenvalue weighted by Gasteiger charge is -2.20. The molecule has 140 valence electrons. The molecule has 0 aliphatic carbocycles. The van der Waals surface area contributed by atoms with E-state index < -0.39 is 10.8 Å². The van der Waals surface area contributed by atoms with Gasteiger partial charge in [-0.3, -0.25) is 14.9 Å². The number of hydrogen-bond acceptors (Lipinski definition) is 5. The maximum Gasteiger partial charge on any atom is 0.271 e. The van der Waals surface area contributed by atoms with Crippen LogP contribution in [0.3, 0.4) is 0 Å². The fourth-order valence-electron chi connectivity index (χ4n) is 2.20. The molecule has 1 N–H and O–H groups in total. The summed E-state index contributed by atoms with van der Waals surface area (Å²) in [5, 5.41) is 22.8. The first-order valence-corrected chi connectivity index (χ1v) is 8.92. The topological polar surface area (TPSA) is 99.3 Å². The predicted octanol–water partition coefficient (Wildman–Crippen LogP) is 4.50. The summed E-state index contributed by atoms with van der Waals surface area (Å²) < 4.78 is 0. The molecule has 0 saturated heterocycles. The molecule has 1 aromatic carbocycles. The highest BCUT2D eigenvalue weighted by Gasteiger charge is 2.16. The highest BCUT2D eigenvalue weighted by molar-refractivity contribution is 6.34. The van der Waals surface area contributed by atoms with Crippen LogP contribution < -0.4 is 5.32 Å². The van der Waals surface area contributed by atoms with Crippen LogP contribution in [0.15, 0.2) is 30.0 Å². The van der Waals surface area contributed by atoms with E-state index in [1.807, 2.05) is 11.0 Å². The Kier molecular flexibility index (Phi) is 9.17. The monoisotopic (exact) mass is 378 g/mol. The van der Waals surface area contributed by atoms with Crippen molar-refractivity contribution >= 4 is 28.9 Å². The third kappa shape index (κ3) is 6.73. The minimum atomic E-state index is -0.645. The van der Waals surface area contributed by atoms with Gasteiger partial charge in [0.05, 0.1) is 15.6 Å². The third-order valence-corrected chi connectivity index (χ3v) is 4.01. The van der Waals surface area contributed by atoms with Gasteiger partial charge >= 0.3 is 0 Å². The Morgan fingerprint density at radius 1 is 1.35 bits per heavy atom. The first-order chi connectivity index (χ1) is 12.4. The van der Waals surface area contributed by atoms with E-state index in [9.17, 15) is 20.2 Å². The van der Waals surface area contributed by atoms with E-state index in [1.165, 1.54) is 18.2 Å². The van der Waals surface area contributed by atoms with Gasteiger partial charge in [0, 0.05) is 31.4 Å². The first-order valence-electron chi connectivity index (χ1n) is 8.54. The number of nitro benzene ring substituents is 1. The second kappa shape index (κ2) is 11.1. The Labute approximate surface area is 158 Å². The van der Waals surface area contributed by atoms with E-state index in [-0.39, 0.29) is 22.0 Å². The molecule has 1 rings (SSSR count). The number of unbranched alkanes of at least 4 members (excludes halogenated alkanes) is 2. The number of amides is 1. The minimum Gasteiger partial charge on any atom is -0.376 e. The number of anilines is 1. The largest absolute Gasteiger partial charge is 0.376 e. The third-order valence-electron chi connectivity index (χ3n) is 3.68. The zero-order chi connectivity index (χ0) is 19.5. The van der Waals surface area contributed by atoms with E-state index in [1.54, 1.807) is 6.20 Å². The van der Waals surface area contributed by atoms with Crippen LogP contribution in [0.2, 0.25) is 5.02 Å². The SMILES string of the molecule is CCCCN(/C=C(/C#N)C(=O)Nc1cc([N+](=O)[O-])ccc1Cl)CCCC. The maximum atomic E-state index is 12.4. The van der Waals surface area contributed by atoms with Crippen LogP contribution in [0.5, 0.6) is 0 Å². The smallest absolute Gasteiger partial charge is 0.271 e. The zero-order valence-corrected chi connectivity index (χ0v) is 15.8. The fraction of sp³-hybridized carbons (Fsp3) is 0.444. The van der Waals surface area contributed by atoms with Crippen molar-refractivity contribution in [3.05, 3.63) is 45.1 Å². The quantitative estimate of drug-likeness (QED) is 0.279. The lowest BCUT2D eigenvalue weighted by Crippen LogP contribution is -2.23. The summed E-state index contributed by atoms with van der Waals surface area (Å²) in [6.45, 7) is 5.66. The molecule has 8 heteroatoms.